The molecule has 0 aromatic heterocycles. The van der Waals surface area contributed by atoms with Crippen LogP contribution in [0.15, 0.2) is 0 Å². The van der Waals surface area contributed by atoms with Gasteiger partial charge in [0.15, 0.2) is 0 Å². The number of nitrogens with one attached hydrogen (secondary N) is 1. The maximum atomic E-state index is 12.3. The smallest absolute Gasteiger partial charge is 0.238 e. The van der Waals surface area contributed by atoms with Gasteiger partial charge in [-0.15, -0.1) is 0 Å². The summed E-state index contributed by atoms with van der Waals surface area (Å²) in [5.41, 5.74) is 0. The van der Waals surface area contributed by atoms with Gasteiger partial charge in [-0.05, 0) is 44.9 Å². The summed E-state index contributed by atoms with van der Waals surface area (Å²) < 4.78 is 25.8. The second-order valence-electron chi connectivity index (χ2n) is 6.47. The van der Waals surface area contributed by atoms with E-state index in [9.17, 15) is 13.2 Å². The lowest BCUT2D eigenvalue weighted by Gasteiger charge is -2.25. The highest BCUT2D eigenvalue weighted by atomic mass is 32.2. The van der Waals surface area contributed by atoms with Crippen molar-refractivity contribution in [3.8, 4) is 0 Å². The molecule has 0 bridgehead atoms. The highest BCUT2D eigenvalue weighted by molar-refractivity contribution is 7.89. The van der Waals surface area contributed by atoms with Crippen LogP contribution in [0.2, 0.25) is 0 Å². The molecule has 2 unspecified atom stereocenters. The highest BCUT2D eigenvalue weighted by Gasteiger charge is 2.38. The molecule has 124 valence electrons. The molecule has 0 aromatic rings. The van der Waals surface area contributed by atoms with E-state index in [1.54, 1.807) is 0 Å². The van der Waals surface area contributed by atoms with Crippen molar-refractivity contribution in [2.75, 3.05) is 12.3 Å². The first kappa shape index (κ1) is 18.4. The molecule has 5 nitrogen and oxygen atoms in total. The normalized spacial score (nSPS) is 21.7. The Morgan fingerprint density at radius 1 is 1.29 bits per heavy atom. The number of rotatable bonds is 8. The van der Waals surface area contributed by atoms with Crippen LogP contribution in [0.25, 0.3) is 0 Å². The van der Waals surface area contributed by atoms with E-state index in [1.807, 2.05) is 13.8 Å². The molecular formula is C15H30N2O3S. The first-order valence-corrected chi connectivity index (χ1v) is 9.68. The monoisotopic (exact) mass is 318 g/mol. The molecule has 1 heterocycles. The maximum Gasteiger partial charge on any atom is 0.238 e. The summed E-state index contributed by atoms with van der Waals surface area (Å²) in [6, 6.07) is -0.417. The molecule has 0 radical (unpaired) electrons. The molecule has 1 N–H and O–H groups in total. The standard InChI is InChI=1S/C15H30N2O3S/c1-5-11-21(19,20)17-10-6-7-14(17)15(18)16-13(4)9-8-12(2)3/h12-14H,5-11H2,1-4H3,(H,16,18). The van der Waals surface area contributed by atoms with Gasteiger partial charge in [-0.25, -0.2) is 8.42 Å². The lowest BCUT2D eigenvalue weighted by molar-refractivity contribution is -0.124. The second kappa shape index (κ2) is 8.13. The quantitative estimate of drug-likeness (QED) is 0.745. The van der Waals surface area contributed by atoms with Crippen molar-refractivity contribution in [3.63, 3.8) is 0 Å². The molecule has 1 aliphatic rings. The summed E-state index contributed by atoms with van der Waals surface area (Å²) in [6.07, 6.45) is 3.97. The molecule has 21 heavy (non-hydrogen) atoms. The van der Waals surface area contributed by atoms with Crippen LogP contribution < -0.4 is 5.32 Å². The summed E-state index contributed by atoms with van der Waals surface area (Å²) in [7, 11) is -3.29. The first-order chi connectivity index (χ1) is 9.77. The van der Waals surface area contributed by atoms with Gasteiger partial charge in [0.1, 0.15) is 6.04 Å². The van der Waals surface area contributed by atoms with Crippen LogP contribution in [0.5, 0.6) is 0 Å². The Morgan fingerprint density at radius 3 is 2.52 bits per heavy atom. The zero-order valence-corrected chi connectivity index (χ0v) is 14.6. The van der Waals surface area contributed by atoms with Crippen molar-refractivity contribution < 1.29 is 13.2 Å². The maximum absolute atomic E-state index is 12.3. The lowest BCUT2D eigenvalue weighted by Crippen LogP contribution is -2.48. The van der Waals surface area contributed by atoms with Gasteiger partial charge in [-0.1, -0.05) is 20.8 Å². The van der Waals surface area contributed by atoms with E-state index in [0.717, 1.165) is 19.3 Å². The average molecular weight is 318 g/mol. The lowest BCUT2D eigenvalue weighted by atomic mass is 10.0. The SMILES string of the molecule is CCCS(=O)(=O)N1CCCC1C(=O)NC(C)CCC(C)C. The molecule has 2 atom stereocenters. The third kappa shape index (κ3) is 5.58. The van der Waals surface area contributed by atoms with Crippen molar-refractivity contribution in [3.05, 3.63) is 0 Å². The van der Waals surface area contributed by atoms with Gasteiger partial charge in [0.25, 0.3) is 0 Å². The molecule has 0 aromatic carbocycles. The van der Waals surface area contributed by atoms with Crippen molar-refractivity contribution in [2.24, 2.45) is 5.92 Å². The number of carbonyl (C=O) groups excluding carboxylic acids is 1. The number of amides is 1. The number of sulfonamides is 1. The number of nitrogens with zero attached hydrogens (tertiary/aromatic N) is 1. The molecule has 1 amide bonds. The van der Waals surface area contributed by atoms with Gasteiger partial charge >= 0.3 is 0 Å². The van der Waals surface area contributed by atoms with Gasteiger partial charge in [0, 0.05) is 12.6 Å². The Bertz CT molecular complexity index is 434. The molecule has 0 spiro atoms. The molecule has 0 aliphatic carbocycles. The Balaban J connectivity index is 2.60. The van der Waals surface area contributed by atoms with E-state index < -0.39 is 16.1 Å². The Kier molecular flexibility index (Phi) is 7.13. The zero-order valence-electron chi connectivity index (χ0n) is 13.8. The Hall–Kier alpha value is -0.620. The summed E-state index contributed by atoms with van der Waals surface area (Å²) in [5.74, 6) is 0.598. The summed E-state index contributed by atoms with van der Waals surface area (Å²) in [4.78, 5) is 12.3. The van der Waals surface area contributed by atoms with E-state index in [-0.39, 0.29) is 17.7 Å². The van der Waals surface area contributed by atoms with Crippen LogP contribution in [0.3, 0.4) is 0 Å². The fourth-order valence-corrected chi connectivity index (χ4v) is 4.45. The molecule has 1 saturated heterocycles. The molecule has 1 fully saturated rings. The van der Waals surface area contributed by atoms with Gasteiger partial charge in [0.2, 0.25) is 15.9 Å². The fourth-order valence-electron chi connectivity index (χ4n) is 2.70. The van der Waals surface area contributed by atoms with E-state index in [4.69, 9.17) is 0 Å². The van der Waals surface area contributed by atoms with Gasteiger partial charge in [-0.2, -0.15) is 4.31 Å². The predicted molar refractivity (Wildman–Crippen MR) is 85.5 cm³/mol. The second-order valence-corrected chi connectivity index (χ2v) is 8.51. The molecule has 1 rings (SSSR count). The molecule has 6 heteroatoms. The fraction of sp³-hybridized carbons (Fsp3) is 0.933. The van der Waals surface area contributed by atoms with Crippen LogP contribution >= 0.6 is 0 Å². The molecule has 1 aliphatic heterocycles. The van der Waals surface area contributed by atoms with Gasteiger partial charge in [0.05, 0.1) is 5.75 Å². The minimum absolute atomic E-state index is 0.0937. The van der Waals surface area contributed by atoms with Crippen LogP contribution in [-0.2, 0) is 14.8 Å². The minimum Gasteiger partial charge on any atom is -0.352 e. The van der Waals surface area contributed by atoms with Gasteiger partial charge in [-0.3, -0.25) is 4.79 Å². The largest absolute Gasteiger partial charge is 0.352 e. The van der Waals surface area contributed by atoms with Crippen LogP contribution in [0.4, 0.5) is 0 Å². The van der Waals surface area contributed by atoms with Crippen molar-refractivity contribution in [2.45, 2.75) is 71.9 Å². The Labute approximate surface area is 129 Å². The molecular weight excluding hydrogens is 288 g/mol. The minimum atomic E-state index is -3.29. The predicted octanol–water partition coefficient (Wildman–Crippen LogP) is 2.13. The summed E-state index contributed by atoms with van der Waals surface area (Å²) in [5, 5.41) is 2.98. The van der Waals surface area contributed by atoms with E-state index in [2.05, 4.69) is 19.2 Å². The number of carbonyl (C=O) groups is 1. The van der Waals surface area contributed by atoms with E-state index in [0.29, 0.717) is 25.3 Å². The van der Waals surface area contributed by atoms with Crippen LogP contribution in [-0.4, -0.2) is 43.0 Å². The van der Waals surface area contributed by atoms with E-state index in [1.165, 1.54) is 4.31 Å². The Morgan fingerprint density at radius 2 is 1.95 bits per heavy atom. The number of hydrogen-bond donors (Lipinski definition) is 1. The average Bonchev–Trinajstić information content (AvgIpc) is 2.86. The highest BCUT2D eigenvalue weighted by Crippen LogP contribution is 2.22. The van der Waals surface area contributed by atoms with Gasteiger partial charge < -0.3 is 5.32 Å². The topological polar surface area (TPSA) is 66.5 Å². The summed E-state index contributed by atoms with van der Waals surface area (Å²) in [6.45, 7) is 8.62. The first-order valence-electron chi connectivity index (χ1n) is 8.07. The van der Waals surface area contributed by atoms with Crippen molar-refractivity contribution in [1.82, 2.24) is 9.62 Å². The third-order valence-corrected chi connectivity index (χ3v) is 5.97. The number of hydrogen-bond acceptors (Lipinski definition) is 3. The third-order valence-electron chi connectivity index (χ3n) is 3.89. The van der Waals surface area contributed by atoms with Crippen molar-refractivity contribution >= 4 is 15.9 Å². The summed E-state index contributed by atoms with van der Waals surface area (Å²) >= 11 is 0. The van der Waals surface area contributed by atoms with E-state index >= 15 is 0 Å². The molecule has 0 saturated carbocycles. The van der Waals surface area contributed by atoms with Crippen LogP contribution in [0.1, 0.15) is 59.8 Å². The zero-order chi connectivity index (χ0) is 16.0. The van der Waals surface area contributed by atoms with Crippen molar-refractivity contribution in [1.29, 1.82) is 0 Å². The van der Waals surface area contributed by atoms with Crippen LogP contribution in [0, 0.1) is 5.92 Å².